The predicted octanol–water partition coefficient (Wildman–Crippen LogP) is 1.73. The molecule has 0 aliphatic carbocycles. The van der Waals surface area contributed by atoms with E-state index in [2.05, 4.69) is 11.9 Å². The standard InChI is InChI=1S/C6H10N2/c1-3-4-6(2)8-5-7/h3-4H2,1-2H3/b8-6+. The van der Waals surface area contributed by atoms with Crippen molar-refractivity contribution in [3.05, 3.63) is 0 Å². The van der Waals surface area contributed by atoms with E-state index in [9.17, 15) is 0 Å². The summed E-state index contributed by atoms with van der Waals surface area (Å²) in [5.74, 6) is 0. The fraction of sp³-hybridized carbons (Fsp3) is 0.667. The van der Waals surface area contributed by atoms with Crippen LogP contribution in [0.3, 0.4) is 0 Å². The maximum atomic E-state index is 8.03. The highest BCUT2D eigenvalue weighted by Gasteiger charge is 1.84. The molecule has 0 aromatic carbocycles. The molecule has 0 heterocycles. The molecule has 0 saturated heterocycles. The lowest BCUT2D eigenvalue weighted by Gasteiger charge is -1.87. The van der Waals surface area contributed by atoms with E-state index in [1.165, 1.54) is 0 Å². The van der Waals surface area contributed by atoms with Crippen LogP contribution in [-0.2, 0) is 0 Å². The fourth-order valence-electron chi connectivity index (χ4n) is 0.503. The van der Waals surface area contributed by atoms with Gasteiger partial charge in [0.1, 0.15) is 0 Å². The SMILES string of the molecule is CCC/C(C)=N/C#N. The minimum absolute atomic E-state index is 0.926. The lowest BCUT2D eigenvalue weighted by Crippen LogP contribution is -1.86. The van der Waals surface area contributed by atoms with Gasteiger partial charge in [-0.05, 0) is 13.3 Å². The molecule has 0 fully saturated rings. The molecule has 0 atom stereocenters. The van der Waals surface area contributed by atoms with Crippen molar-refractivity contribution in [1.29, 1.82) is 5.26 Å². The summed E-state index contributed by atoms with van der Waals surface area (Å²) in [5, 5.41) is 8.03. The lowest BCUT2D eigenvalue weighted by molar-refractivity contribution is 0.988. The summed E-state index contributed by atoms with van der Waals surface area (Å²) >= 11 is 0. The van der Waals surface area contributed by atoms with Crippen LogP contribution in [0, 0.1) is 11.5 Å². The Kier molecular flexibility index (Phi) is 3.87. The second-order valence-corrected chi connectivity index (χ2v) is 1.70. The highest BCUT2D eigenvalue weighted by molar-refractivity contribution is 5.82. The van der Waals surface area contributed by atoms with E-state index >= 15 is 0 Å². The molecule has 0 aromatic rings. The summed E-state index contributed by atoms with van der Waals surface area (Å²) in [7, 11) is 0. The second kappa shape index (κ2) is 4.32. The first-order chi connectivity index (χ1) is 3.81. The van der Waals surface area contributed by atoms with Gasteiger partial charge >= 0.3 is 0 Å². The molecule has 0 spiro atoms. The largest absolute Gasteiger partial charge is 0.205 e. The number of rotatable bonds is 2. The first-order valence-corrected chi connectivity index (χ1v) is 2.73. The molecule has 0 rings (SSSR count). The zero-order valence-electron chi connectivity index (χ0n) is 5.31. The van der Waals surface area contributed by atoms with Gasteiger partial charge in [-0.15, -0.1) is 0 Å². The Morgan fingerprint density at radius 2 is 2.38 bits per heavy atom. The van der Waals surface area contributed by atoms with Gasteiger partial charge in [0.05, 0.1) is 0 Å². The van der Waals surface area contributed by atoms with Crippen molar-refractivity contribution in [3.8, 4) is 6.19 Å². The van der Waals surface area contributed by atoms with Crippen LogP contribution in [0.1, 0.15) is 26.7 Å². The minimum Gasteiger partial charge on any atom is -0.183 e. The van der Waals surface area contributed by atoms with E-state index in [0.717, 1.165) is 18.6 Å². The van der Waals surface area contributed by atoms with E-state index in [1.807, 2.05) is 6.92 Å². The molecule has 8 heavy (non-hydrogen) atoms. The summed E-state index contributed by atoms with van der Waals surface area (Å²) < 4.78 is 0. The average Bonchev–Trinajstić information content (AvgIpc) is 1.68. The first kappa shape index (κ1) is 7.16. The molecule has 0 saturated carbocycles. The third-order valence-corrected chi connectivity index (χ3v) is 0.853. The summed E-state index contributed by atoms with van der Waals surface area (Å²) in [6.45, 7) is 3.93. The third-order valence-electron chi connectivity index (χ3n) is 0.853. The van der Waals surface area contributed by atoms with Crippen LogP contribution >= 0.6 is 0 Å². The number of nitrogens with zero attached hydrogens (tertiary/aromatic N) is 2. The monoisotopic (exact) mass is 110 g/mol. The maximum Gasteiger partial charge on any atom is 0.205 e. The summed E-state index contributed by atoms with van der Waals surface area (Å²) in [4.78, 5) is 3.54. The Balaban J connectivity index is 3.49. The molecule has 0 radical (unpaired) electrons. The van der Waals surface area contributed by atoms with Crippen molar-refractivity contribution in [2.75, 3.05) is 0 Å². The maximum absolute atomic E-state index is 8.03. The molecule has 0 aliphatic rings. The zero-order chi connectivity index (χ0) is 6.41. The summed E-state index contributed by atoms with van der Waals surface area (Å²) in [5.41, 5.74) is 0.926. The second-order valence-electron chi connectivity index (χ2n) is 1.70. The molecule has 0 aromatic heterocycles. The van der Waals surface area contributed by atoms with E-state index in [4.69, 9.17) is 5.26 Å². The van der Waals surface area contributed by atoms with Crippen LogP contribution in [0.15, 0.2) is 4.99 Å². The van der Waals surface area contributed by atoms with Crippen molar-refractivity contribution in [3.63, 3.8) is 0 Å². The van der Waals surface area contributed by atoms with Gasteiger partial charge in [0.15, 0.2) is 0 Å². The van der Waals surface area contributed by atoms with E-state index in [0.29, 0.717) is 0 Å². The molecular formula is C6H10N2. The molecule has 0 aliphatic heterocycles. The molecule has 0 unspecified atom stereocenters. The van der Waals surface area contributed by atoms with Gasteiger partial charge < -0.3 is 0 Å². The summed E-state index contributed by atoms with van der Waals surface area (Å²) in [6.07, 6.45) is 3.74. The van der Waals surface area contributed by atoms with Crippen LogP contribution < -0.4 is 0 Å². The Hall–Kier alpha value is -0.840. The molecule has 2 nitrogen and oxygen atoms in total. The van der Waals surface area contributed by atoms with E-state index in [1.54, 1.807) is 6.19 Å². The third kappa shape index (κ3) is 3.35. The first-order valence-electron chi connectivity index (χ1n) is 2.73. The highest BCUT2D eigenvalue weighted by atomic mass is 14.7. The Labute approximate surface area is 49.9 Å². The molecule has 2 heteroatoms. The van der Waals surface area contributed by atoms with Crippen molar-refractivity contribution in [2.45, 2.75) is 26.7 Å². The summed E-state index contributed by atoms with van der Waals surface area (Å²) in [6, 6.07) is 0. The molecule has 44 valence electrons. The number of aliphatic imine (C=N–C) groups is 1. The smallest absolute Gasteiger partial charge is 0.183 e. The lowest BCUT2D eigenvalue weighted by atomic mass is 10.2. The van der Waals surface area contributed by atoms with Gasteiger partial charge in [0.25, 0.3) is 0 Å². The van der Waals surface area contributed by atoms with Gasteiger partial charge in [0.2, 0.25) is 6.19 Å². The Bertz CT molecular complexity index is 119. The topological polar surface area (TPSA) is 36.1 Å². The van der Waals surface area contributed by atoms with Crippen LogP contribution in [0.2, 0.25) is 0 Å². The van der Waals surface area contributed by atoms with Gasteiger partial charge in [-0.1, -0.05) is 13.3 Å². The quantitative estimate of drug-likeness (QED) is 0.394. The van der Waals surface area contributed by atoms with Crippen molar-refractivity contribution in [1.82, 2.24) is 0 Å². The van der Waals surface area contributed by atoms with Gasteiger partial charge in [-0.25, -0.2) is 0 Å². The van der Waals surface area contributed by atoms with Crippen molar-refractivity contribution < 1.29 is 0 Å². The normalized spacial score (nSPS) is 10.9. The van der Waals surface area contributed by atoms with Crippen LogP contribution in [0.4, 0.5) is 0 Å². The molecule has 0 bridgehead atoms. The number of hydrogen-bond acceptors (Lipinski definition) is 2. The van der Waals surface area contributed by atoms with Gasteiger partial charge in [-0.2, -0.15) is 10.3 Å². The van der Waals surface area contributed by atoms with Gasteiger partial charge in [0, 0.05) is 5.71 Å². The molecule has 0 N–H and O–H groups in total. The fourth-order valence-corrected chi connectivity index (χ4v) is 0.503. The molecular weight excluding hydrogens is 100 g/mol. The van der Waals surface area contributed by atoms with E-state index in [-0.39, 0.29) is 0 Å². The van der Waals surface area contributed by atoms with Crippen LogP contribution in [0.5, 0.6) is 0 Å². The zero-order valence-corrected chi connectivity index (χ0v) is 5.31. The molecule has 0 amide bonds. The van der Waals surface area contributed by atoms with E-state index < -0.39 is 0 Å². The van der Waals surface area contributed by atoms with Gasteiger partial charge in [-0.3, -0.25) is 0 Å². The predicted molar refractivity (Wildman–Crippen MR) is 33.6 cm³/mol. The van der Waals surface area contributed by atoms with Crippen LogP contribution in [0.25, 0.3) is 0 Å². The Morgan fingerprint density at radius 1 is 1.75 bits per heavy atom. The number of nitriles is 1. The van der Waals surface area contributed by atoms with Crippen LogP contribution in [-0.4, -0.2) is 5.71 Å². The van der Waals surface area contributed by atoms with Crippen molar-refractivity contribution >= 4 is 5.71 Å². The highest BCUT2D eigenvalue weighted by Crippen LogP contribution is 1.89. The number of hydrogen-bond donors (Lipinski definition) is 0. The van der Waals surface area contributed by atoms with Crippen molar-refractivity contribution in [2.24, 2.45) is 4.99 Å². The minimum atomic E-state index is 0.926. The Morgan fingerprint density at radius 3 is 2.75 bits per heavy atom. The average molecular weight is 110 g/mol.